The van der Waals surface area contributed by atoms with Gasteiger partial charge in [-0.05, 0) is 13.8 Å². The molecule has 0 aliphatic rings. The third-order valence-corrected chi connectivity index (χ3v) is 2.50. The number of nitrogens with zero attached hydrogens (tertiary/aromatic N) is 2. The Labute approximate surface area is 84.7 Å². The lowest BCUT2D eigenvalue weighted by molar-refractivity contribution is 1.06. The van der Waals surface area contributed by atoms with E-state index in [0.717, 1.165) is 10.7 Å². The summed E-state index contributed by atoms with van der Waals surface area (Å²) < 4.78 is 0. The minimum absolute atomic E-state index is 0.141. The summed E-state index contributed by atoms with van der Waals surface area (Å²) in [5, 5.41) is 2.84. The van der Waals surface area contributed by atoms with Gasteiger partial charge >= 0.3 is 0 Å². The highest BCUT2D eigenvalue weighted by Crippen LogP contribution is 2.16. The molecule has 0 aliphatic carbocycles. The second kappa shape index (κ2) is 3.34. The zero-order valence-corrected chi connectivity index (χ0v) is 8.68. The molecule has 0 fully saturated rings. The molecule has 2 heterocycles. The van der Waals surface area contributed by atoms with Gasteiger partial charge in [-0.3, -0.25) is 4.79 Å². The molecule has 5 heteroatoms. The molecule has 0 radical (unpaired) electrons. The average Bonchev–Trinajstić information content (AvgIpc) is 2.50. The normalized spacial score (nSPS) is 10.4. The smallest absolute Gasteiger partial charge is 0.251 e. The van der Waals surface area contributed by atoms with Crippen molar-refractivity contribution in [1.29, 1.82) is 0 Å². The maximum Gasteiger partial charge on any atom is 0.251 e. The molecule has 0 amide bonds. The van der Waals surface area contributed by atoms with Crippen LogP contribution in [0.1, 0.15) is 10.7 Å². The summed E-state index contributed by atoms with van der Waals surface area (Å²) >= 11 is 1.54. The lowest BCUT2D eigenvalue weighted by Crippen LogP contribution is -2.08. The van der Waals surface area contributed by atoms with Crippen molar-refractivity contribution in [3.05, 3.63) is 32.5 Å². The topological polar surface area (TPSA) is 58.6 Å². The molecule has 0 aromatic carbocycles. The monoisotopic (exact) mass is 207 g/mol. The van der Waals surface area contributed by atoms with Crippen LogP contribution >= 0.6 is 11.3 Å². The first kappa shape index (κ1) is 9.08. The van der Waals surface area contributed by atoms with Crippen molar-refractivity contribution in [3.63, 3.8) is 0 Å². The highest BCUT2D eigenvalue weighted by atomic mass is 32.1. The zero-order valence-electron chi connectivity index (χ0n) is 7.87. The van der Waals surface area contributed by atoms with Gasteiger partial charge in [-0.1, -0.05) is 0 Å². The van der Waals surface area contributed by atoms with Crippen LogP contribution in [0.2, 0.25) is 0 Å². The molecule has 2 aromatic rings. The molecular formula is C9H9N3OS. The van der Waals surface area contributed by atoms with E-state index in [-0.39, 0.29) is 5.56 Å². The first-order chi connectivity index (χ1) is 6.65. The molecule has 2 rings (SSSR count). The maximum atomic E-state index is 11.2. The minimum Gasteiger partial charge on any atom is -0.305 e. The predicted molar refractivity (Wildman–Crippen MR) is 55.4 cm³/mol. The van der Waals surface area contributed by atoms with Crippen LogP contribution in [-0.2, 0) is 0 Å². The van der Waals surface area contributed by atoms with Gasteiger partial charge in [-0.15, -0.1) is 11.3 Å². The molecular weight excluding hydrogens is 198 g/mol. The molecule has 0 bridgehead atoms. The van der Waals surface area contributed by atoms with E-state index in [1.807, 2.05) is 12.3 Å². The number of aryl methyl sites for hydroxylation is 2. The molecule has 0 saturated heterocycles. The van der Waals surface area contributed by atoms with Crippen LogP contribution in [0.3, 0.4) is 0 Å². The standard InChI is InChI=1S/C9H9N3OS/c1-5-3-8(13)12-9(10-5)7-4-14-6(2)11-7/h3-4H,1-2H3,(H,10,12,13). The summed E-state index contributed by atoms with van der Waals surface area (Å²) in [5.74, 6) is 0.541. The van der Waals surface area contributed by atoms with E-state index in [1.165, 1.54) is 17.4 Å². The van der Waals surface area contributed by atoms with Crippen LogP contribution in [0.25, 0.3) is 11.5 Å². The van der Waals surface area contributed by atoms with E-state index in [0.29, 0.717) is 11.5 Å². The van der Waals surface area contributed by atoms with E-state index in [4.69, 9.17) is 0 Å². The Morgan fingerprint density at radius 1 is 1.36 bits per heavy atom. The van der Waals surface area contributed by atoms with Crippen molar-refractivity contribution in [1.82, 2.24) is 15.0 Å². The summed E-state index contributed by atoms with van der Waals surface area (Å²) in [6, 6.07) is 1.46. The molecule has 1 N–H and O–H groups in total. The lowest BCUT2D eigenvalue weighted by Gasteiger charge is -1.96. The van der Waals surface area contributed by atoms with Gasteiger partial charge in [0.2, 0.25) is 0 Å². The van der Waals surface area contributed by atoms with Gasteiger partial charge in [0.15, 0.2) is 5.82 Å². The number of thiazole rings is 1. The van der Waals surface area contributed by atoms with Crippen molar-refractivity contribution in [2.24, 2.45) is 0 Å². The maximum absolute atomic E-state index is 11.2. The van der Waals surface area contributed by atoms with Crippen LogP contribution < -0.4 is 5.56 Å². The van der Waals surface area contributed by atoms with Crippen molar-refractivity contribution in [2.75, 3.05) is 0 Å². The number of H-pyrrole nitrogens is 1. The zero-order chi connectivity index (χ0) is 10.1. The lowest BCUT2D eigenvalue weighted by atomic mass is 10.4. The van der Waals surface area contributed by atoms with E-state index >= 15 is 0 Å². The minimum atomic E-state index is -0.141. The van der Waals surface area contributed by atoms with Crippen LogP contribution in [0.4, 0.5) is 0 Å². The number of rotatable bonds is 1. The van der Waals surface area contributed by atoms with Crippen LogP contribution in [0, 0.1) is 13.8 Å². The molecule has 0 atom stereocenters. The van der Waals surface area contributed by atoms with E-state index in [1.54, 1.807) is 6.92 Å². The largest absolute Gasteiger partial charge is 0.305 e. The van der Waals surface area contributed by atoms with Crippen molar-refractivity contribution in [2.45, 2.75) is 13.8 Å². The quantitative estimate of drug-likeness (QED) is 0.771. The Morgan fingerprint density at radius 3 is 2.71 bits per heavy atom. The number of nitrogens with one attached hydrogen (secondary N) is 1. The summed E-state index contributed by atoms with van der Waals surface area (Å²) in [5.41, 5.74) is 1.29. The fraction of sp³-hybridized carbons (Fsp3) is 0.222. The average molecular weight is 207 g/mol. The van der Waals surface area contributed by atoms with Gasteiger partial charge in [0.1, 0.15) is 5.69 Å². The van der Waals surface area contributed by atoms with Gasteiger partial charge in [-0.2, -0.15) is 0 Å². The Morgan fingerprint density at radius 2 is 2.14 bits per heavy atom. The van der Waals surface area contributed by atoms with E-state index in [9.17, 15) is 4.79 Å². The predicted octanol–water partition coefficient (Wildman–Crippen LogP) is 1.51. The molecule has 0 spiro atoms. The molecule has 4 nitrogen and oxygen atoms in total. The third-order valence-electron chi connectivity index (χ3n) is 1.73. The molecule has 0 unspecified atom stereocenters. The Bertz CT molecular complexity index is 515. The summed E-state index contributed by atoms with van der Waals surface area (Å²) in [7, 11) is 0. The SMILES string of the molecule is Cc1cc(=O)[nH]c(-c2csc(C)n2)n1. The van der Waals surface area contributed by atoms with Crippen LogP contribution in [0.5, 0.6) is 0 Å². The van der Waals surface area contributed by atoms with Gasteiger partial charge in [0.05, 0.1) is 5.01 Å². The molecule has 72 valence electrons. The Kier molecular flexibility index (Phi) is 2.17. The number of hydrogen-bond acceptors (Lipinski definition) is 4. The second-order valence-corrected chi connectivity index (χ2v) is 4.05. The molecule has 0 aliphatic heterocycles. The van der Waals surface area contributed by atoms with E-state index in [2.05, 4.69) is 15.0 Å². The van der Waals surface area contributed by atoms with Gasteiger partial charge < -0.3 is 4.98 Å². The van der Waals surface area contributed by atoms with Crippen molar-refractivity contribution < 1.29 is 0 Å². The highest BCUT2D eigenvalue weighted by molar-refractivity contribution is 7.09. The fourth-order valence-electron chi connectivity index (χ4n) is 1.17. The second-order valence-electron chi connectivity index (χ2n) is 2.99. The number of aromatic nitrogens is 3. The van der Waals surface area contributed by atoms with Crippen molar-refractivity contribution >= 4 is 11.3 Å². The van der Waals surface area contributed by atoms with Crippen LogP contribution in [-0.4, -0.2) is 15.0 Å². The molecule has 14 heavy (non-hydrogen) atoms. The summed E-state index contributed by atoms with van der Waals surface area (Å²) in [6.45, 7) is 3.71. The first-order valence-electron chi connectivity index (χ1n) is 4.15. The summed E-state index contributed by atoms with van der Waals surface area (Å²) in [6.07, 6.45) is 0. The number of aromatic amines is 1. The molecule has 2 aromatic heterocycles. The van der Waals surface area contributed by atoms with E-state index < -0.39 is 0 Å². The Hall–Kier alpha value is -1.49. The van der Waals surface area contributed by atoms with Gasteiger partial charge in [0.25, 0.3) is 5.56 Å². The third kappa shape index (κ3) is 1.72. The fourth-order valence-corrected chi connectivity index (χ4v) is 1.77. The highest BCUT2D eigenvalue weighted by Gasteiger charge is 2.04. The summed E-state index contributed by atoms with van der Waals surface area (Å²) in [4.78, 5) is 22.3. The van der Waals surface area contributed by atoms with Gasteiger partial charge in [-0.25, -0.2) is 9.97 Å². The van der Waals surface area contributed by atoms with Crippen LogP contribution in [0.15, 0.2) is 16.2 Å². The Balaban J connectivity index is 2.56. The van der Waals surface area contributed by atoms with Crippen molar-refractivity contribution in [3.8, 4) is 11.5 Å². The number of hydrogen-bond donors (Lipinski definition) is 1. The van der Waals surface area contributed by atoms with Gasteiger partial charge in [0, 0.05) is 17.1 Å². The molecule has 0 saturated carbocycles. The first-order valence-corrected chi connectivity index (χ1v) is 5.03.